The summed E-state index contributed by atoms with van der Waals surface area (Å²) in [5.74, 6) is -5.91. The Morgan fingerprint density at radius 1 is 1.21 bits per heavy atom. The maximum absolute atomic E-state index is 14.5. The van der Waals surface area contributed by atoms with Crippen LogP contribution >= 0.6 is 0 Å². The van der Waals surface area contributed by atoms with Crippen molar-refractivity contribution in [2.75, 3.05) is 13.7 Å². The Bertz CT molecular complexity index is 1010. The number of aliphatic carboxylic acids is 1. The third-order valence-corrected chi connectivity index (χ3v) is 5.49. The van der Waals surface area contributed by atoms with Crippen LogP contribution in [0.25, 0.3) is 0 Å². The lowest BCUT2D eigenvalue weighted by atomic mass is 9.77. The molecule has 2 rings (SSSR count). The van der Waals surface area contributed by atoms with Gasteiger partial charge in [0.2, 0.25) is 11.8 Å². The van der Waals surface area contributed by atoms with E-state index in [1.165, 1.54) is 33.2 Å². The Labute approximate surface area is 190 Å². The minimum atomic E-state index is -3.33. The molecule has 1 N–H and O–H groups in total. The Balaban J connectivity index is 2.10. The summed E-state index contributed by atoms with van der Waals surface area (Å²) in [5.41, 5.74) is -0.514. The number of alkyl halides is 2. The predicted octanol–water partition coefficient (Wildman–Crippen LogP) is 3.73. The van der Waals surface area contributed by atoms with E-state index in [1.807, 2.05) is 0 Å². The van der Waals surface area contributed by atoms with Gasteiger partial charge in [-0.1, -0.05) is 31.2 Å². The molecule has 0 saturated carbocycles. The molecule has 8 nitrogen and oxygen atoms in total. The van der Waals surface area contributed by atoms with Gasteiger partial charge >= 0.3 is 11.9 Å². The molecule has 1 aromatic heterocycles. The largest absolute Gasteiger partial charge is 0.481 e. The highest BCUT2D eigenvalue weighted by Crippen LogP contribution is 2.35. The summed E-state index contributed by atoms with van der Waals surface area (Å²) < 4.78 is 39.7. The van der Waals surface area contributed by atoms with Crippen molar-refractivity contribution in [3.05, 3.63) is 47.7 Å². The van der Waals surface area contributed by atoms with Crippen molar-refractivity contribution in [3.8, 4) is 5.88 Å². The highest BCUT2D eigenvalue weighted by atomic mass is 19.3. The quantitative estimate of drug-likeness (QED) is 0.503. The summed E-state index contributed by atoms with van der Waals surface area (Å²) in [4.78, 5) is 35.0. The third kappa shape index (κ3) is 6.84. The van der Waals surface area contributed by atoms with Gasteiger partial charge in [-0.25, -0.2) is 13.5 Å². The summed E-state index contributed by atoms with van der Waals surface area (Å²) >= 11 is 0. The number of esters is 1. The third-order valence-electron chi connectivity index (χ3n) is 5.49. The molecule has 0 spiro atoms. The molecule has 33 heavy (non-hydrogen) atoms. The summed E-state index contributed by atoms with van der Waals surface area (Å²) in [6.45, 7) is 3.34. The van der Waals surface area contributed by atoms with Gasteiger partial charge in [0.25, 0.3) is 5.92 Å². The van der Waals surface area contributed by atoms with E-state index in [-0.39, 0.29) is 12.3 Å². The summed E-state index contributed by atoms with van der Waals surface area (Å²) in [6, 6.07) is 7.87. The van der Waals surface area contributed by atoms with E-state index >= 15 is 0 Å². The van der Waals surface area contributed by atoms with Crippen LogP contribution in [-0.4, -0.2) is 52.4 Å². The van der Waals surface area contributed by atoms with E-state index < -0.39 is 48.1 Å². The number of hydrogen-bond donors (Lipinski definition) is 1. The number of carbonyl (C=O) groups excluding carboxylic acids is 2. The molecule has 1 unspecified atom stereocenters. The SMILES string of the molecule is COC(=O)[C@H](C)Cc1cccc(C(C)(CCC(F)(F)COc2ccn(C(C)=O)n2)C(=O)O)c1. The van der Waals surface area contributed by atoms with Gasteiger partial charge in [0.15, 0.2) is 6.61 Å². The number of halogens is 2. The minimum absolute atomic E-state index is 0.127. The fourth-order valence-electron chi connectivity index (χ4n) is 3.30. The Hall–Kier alpha value is -3.30. The average Bonchev–Trinajstić information content (AvgIpc) is 3.25. The summed E-state index contributed by atoms with van der Waals surface area (Å²) in [7, 11) is 1.29. The van der Waals surface area contributed by atoms with Crippen LogP contribution in [0.5, 0.6) is 5.88 Å². The lowest BCUT2D eigenvalue weighted by molar-refractivity contribution is -0.145. The maximum Gasteiger partial charge on any atom is 0.313 e. The first-order valence-corrected chi connectivity index (χ1v) is 10.4. The number of methoxy groups -OCH3 is 1. The van der Waals surface area contributed by atoms with Crippen molar-refractivity contribution in [1.82, 2.24) is 9.78 Å². The van der Waals surface area contributed by atoms with E-state index in [1.54, 1.807) is 31.2 Å². The van der Waals surface area contributed by atoms with Gasteiger partial charge in [-0.3, -0.25) is 14.4 Å². The van der Waals surface area contributed by atoms with Crippen molar-refractivity contribution in [3.63, 3.8) is 0 Å². The Morgan fingerprint density at radius 2 is 1.91 bits per heavy atom. The Kier molecular flexibility index (Phi) is 8.29. The normalized spacial score (nSPS) is 14.2. The highest BCUT2D eigenvalue weighted by molar-refractivity contribution is 5.81. The number of aromatic nitrogens is 2. The zero-order valence-corrected chi connectivity index (χ0v) is 19.0. The van der Waals surface area contributed by atoms with Crippen LogP contribution in [0.4, 0.5) is 8.78 Å². The zero-order valence-electron chi connectivity index (χ0n) is 19.0. The molecule has 10 heteroatoms. The van der Waals surface area contributed by atoms with Gasteiger partial charge < -0.3 is 14.6 Å². The minimum Gasteiger partial charge on any atom is -0.481 e. The van der Waals surface area contributed by atoms with Crippen molar-refractivity contribution in [2.45, 2.75) is 51.4 Å². The molecule has 2 atom stereocenters. The van der Waals surface area contributed by atoms with E-state index in [4.69, 9.17) is 9.47 Å². The molecule has 0 fully saturated rings. The number of carboxylic acids is 1. The number of carboxylic acid groups (broad SMARTS) is 1. The van der Waals surface area contributed by atoms with E-state index in [2.05, 4.69) is 5.10 Å². The molecule has 0 aliphatic rings. The monoisotopic (exact) mass is 466 g/mol. The fraction of sp³-hybridized carbons (Fsp3) is 0.478. The molecule has 180 valence electrons. The molecular weight excluding hydrogens is 438 g/mol. The first kappa shape index (κ1) is 26.0. The van der Waals surface area contributed by atoms with Crippen molar-refractivity contribution >= 4 is 17.8 Å². The van der Waals surface area contributed by atoms with Crippen LogP contribution in [0, 0.1) is 5.92 Å². The van der Waals surface area contributed by atoms with Crippen LogP contribution < -0.4 is 4.74 Å². The van der Waals surface area contributed by atoms with Crippen LogP contribution in [0.15, 0.2) is 36.5 Å². The van der Waals surface area contributed by atoms with Gasteiger partial charge in [-0.05, 0) is 30.9 Å². The molecule has 0 aliphatic heterocycles. The lowest BCUT2D eigenvalue weighted by Crippen LogP contribution is -2.36. The van der Waals surface area contributed by atoms with Gasteiger partial charge in [0.1, 0.15) is 0 Å². The number of rotatable bonds is 11. The van der Waals surface area contributed by atoms with Crippen LogP contribution in [0.2, 0.25) is 0 Å². The van der Waals surface area contributed by atoms with Crippen molar-refractivity contribution < 1.29 is 37.7 Å². The first-order valence-electron chi connectivity index (χ1n) is 10.4. The van der Waals surface area contributed by atoms with Crippen molar-refractivity contribution in [2.24, 2.45) is 5.92 Å². The molecular formula is C23H28F2N2O6. The fourth-order valence-corrected chi connectivity index (χ4v) is 3.30. The molecule has 0 bridgehead atoms. The van der Waals surface area contributed by atoms with Crippen LogP contribution in [-0.2, 0) is 26.2 Å². The Morgan fingerprint density at radius 3 is 2.48 bits per heavy atom. The van der Waals surface area contributed by atoms with Crippen LogP contribution in [0.1, 0.15) is 49.5 Å². The van der Waals surface area contributed by atoms with Gasteiger partial charge in [-0.2, -0.15) is 0 Å². The molecule has 1 aromatic carbocycles. The van der Waals surface area contributed by atoms with Gasteiger partial charge in [0, 0.05) is 25.6 Å². The standard InChI is InChI=1S/C23H28F2N2O6/c1-15(20(29)32-4)12-17-6-5-7-18(13-17)22(3,21(30)31)9-10-23(24,25)14-33-19-8-11-27(26-19)16(2)28/h5-8,11,13,15H,9-10,12,14H2,1-4H3,(H,30,31)/t15-,22?/m1/s1. The molecule has 0 radical (unpaired) electrons. The van der Waals surface area contributed by atoms with Crippen molar-refractivity contribution in [1.29, 1.82) is 0 Å². The zero-order chi connectivity index (χ0) is 24.8. The average molecular weight is 466 g/mol. The lowest BCUT2D eigenvalue weighted by Gasteiger charge is -2.28. The topological polar surface area (TPSA) is 108 Å². The van der Waals surface area contributed by atoms with E-state index in [0.29, 0.717) is 17.5 Å². The number of hydrogen-bond acceptors (Lipinski definition) is 6. The molecule has 1 heterocycles. The van der Waals surface area contributed by atoms with Gasteiger partial charge in [-0.15, -0.1) is 5.10 Å². The van der Waals surface area contributed by atoms with Gasteiger partial charge in [0.05, 0.1) is 18.4 Å². The maximum atomic E-state index is 14.5. The molecule has 0 saturated heterocycles. The second kappa shape index (κ2) is 10.5. The summed E-state index contributed by atoms with van der Waals surface area (Å²) in [6.07, 6.45) is 0.529. The molecule has 0 aliphatic carbocycles. The summed E-state index contributed by atoms with van der Waals surface area (Å²) in [5, 5.41) is 13.6. The first-order chi connectivity index (χ1) is 15.4. The van der Waals surface area contributed by atoms with Crippen LogP contribution in [0.3, 0.4) is 0 Å². The number of ether oxygens (including phenoxy) is 2. The second-order valence-corrected chi connectivity index (χ2v) is 8.23. The molecule has 0 amide bonds. The smallest absolute Gasteiger partial charge is 0.313 e. The predicted molar refractivity (Wildman–Crippen MR) is 115 cm³/mol. The van der Waals surface area contributed by atoms with E-state index in [0.717, 1.165) is 4.68 Å². The second-order valence-electron chi connectivity index (χ2n) is 8.23. The number of carbonyl (C=O) groups is 3. The number of nitrogens with zero attached hydrogens (tertiary/aromatic N) is 2. The van der Waals surface area contributed by atoms with E-state index in [9.17, 15) is 28.3 Å². The number of benzene rings is 1. The highest BCUT2D eigenvalue weighted by Gasteiger charge is 2.40. The molecule has 2 aromatic rings.